The Kier molecular flexibility index (Phi) is 3.17. The van der Waals surface area contributed by atoms with Gasteiger partial charge in [0.25, 0.3) is 0 Å². The van der Waals surface area contributed by atoms with Gasteiger partial charge in [-0.3, -0.25) is 0 Å². The molecule has 76 valence electrons. The lowest BCUT2D eigenvalue weighted by molar-refractivity contribution is 0.0204. The Hall–Kier alpha value is -0.860. The van der Waals surface area contributed by atoms with Gasteiger partial charge in [0.2, 0.25) is 0 Å². The van der Waals surface area contributed by atoms with Crippen LogP contribution in [0.3, 0.4) is 0 Å². The minimum Gasteiger partial charge on any atom is -0.376 e. The van der Waals surface area contributed by atoms with E-state index in [0.717, 1.165) is 19.1 Å². The van der Waals surface area contributed by atoms with Crippen LogP contribution >= 0.6 is 0 Å². The van der Waals surface area contributed by atoms with Crippen molar-refractivity contribution in [3.63, 3.8) is 0 Å². The molecular formula is C12H17NO. The zero-order chi connectivity index (χ0) is 9.80. The van der Waals surface area contributed by atoms with Crippen molar-refractivity contribution in [1.29, 1.82) is 0 Å². The van der Waals surface area contributed by atoms with E-state index < -0.39 is 0 Å². The van der Waals surface area contributed by atoms with Crippen LogP contribution in [0.5, 0.6) is 0 Å². The topological polar surface area (TPSA) is 12.5 Å². The van der Waals surface area contributed by atoms with Crippen molar-refractivity contribution in [2.75, 3.05) is 26.7 Å². The van der Waals surface area contributed by atoms with Crippen molar-refractivity contribution in [3.05, 3.63) is 35.9 Å². The zero-order valence-electron chi connectivity index (χ0n) is 8.65. The maximum absolute atomic E-state index is 5.65. The Morgan fingerprint density at radius 3 is 2.64 bits per heavy atom. The van der Waals surface area contributed by atoms with Gasteiger partial charge in [0.1, 0.15) is 0 Å². The molecule has 0 bridgehead atoms. The molecule has 0 N–H and O–H groups in total. The third-order valence-electron chi connectivity index (χ3n) is 2.60. The molecule has 0 radical (unpaired) electrons. The molecule has 1 fully saturated rings. The number of hydrogen-bond donors (Lipinski definition) is 0. The average molecular weight is 191 g/mol. The summed E-state index contributed by atoms with van der Waals surface area (Å²) in [5.74, 6) is 0.753. The fourth-order valence-electron chi connectivity index (χ4n) is 1.85. The maximum atomic E-state index is 5.65. The normalized spacial score (nSPS) is 18.1. The molecule has 1 saturated heterocycles. The van der Waals surface area contributed by atoms with E-state index in [0.29, 0.717) is 0 Å². The van der Waals surface area contributed by atoms with Crippen LogP contribution in [0, 0.1) is 5.92 Å². The molecule has 0 saturated carbocycles. The number of hydrogen-bond acceptors (Lipinski definition) is 2. The van der Waals surface area contributed by atoms with E-state index in [-0.39, 0.29) is 0 Å². The Labute approximate surface area is 85.5 Å². The predicted molar refractivity (Wildman–Crippen MR) is 57.1 cm³/mol. The molecule has 0 aliphatic carbocycles. The summed E-state index contributed by atoms with van der Waals surface area (Å²) in [5, 5.41) is 0. The number of benzene rings is 1. The van der Waals surface area contributed by atoms with Gasteiger partial charge in [0.05, 0.1) is 13.2 Å². The predicted octanol–water partition coefficient (Wildman–Crippen LogP) is 1.76. The fourth-order valence-corrected chi connectivity index (χ4v) is 1.85. The van der Waals surface area contributed by atoms with Crippen LogP contribution in [0.15, 0.2) is 30.3 Å². The van der Waals surface area contributed by atoms with Gasteiger partial charge in [-0.25, -0.2) is 0 Å². The summed E-state index contributed by atoms with van der Waals surface area (Å²) in [6, 6.07) is 10.3. The highest BCUT2D eigenvalue weighted by atomic mass is 16.5. The van der Waals surface area contributed by atoms with Crippen LogP contribution in [-0.4, -0.2) is 31.6 Å². The molecule has 1 heterocycles. The number of likely N-dealkylation sites (tertiary alicyclic amines) is 1. The third-order valence-corrected chi connectivity index (χ3v) is 2.60. The van der Waals surface area contributed by atoms with Crippen LogP contribution in [-0.2, 0) is 11.3 Å². The van der Waals surface area contributed by atoms with Gasteiger partial charge in [-0.2, -0.15) is 0 Å². The summed E-state index contributed by atoms with van der Waals surface area (Å²) in [5.41, 5.74) is 1.26. The standard InChI is InChI=1S/C12H17NO/c1-13-7-12(8-13)10-14-9-11-5-3-2-4-6-11/h2-6,12H,7-10H2,1H3. The second-order valence-corrected chi connectivity index (χ2v) is 4.09. The molecule has 2 nitrogen and oxygen atoms in total. The quantitative estimate of drug-likeness (QED) is 0.719. The van der Waals surface area contributed by atoms with E-state index in [2.05, 4.69) is 36.2 Å². The highest BCUT2D eigenvalue weighted by Crippen LogP contribution is 2.13. The summed E-state index contributed by atoms with van der Waals surface area (Å²) in [6.07, 6.45) is 0. The number of rotatable bonds is 4. The molecule has 0 aromatic heterocycles. The lowest BCUT2D eigenvalue weighted by Crippen LogP contribution is -2.45. The maximum Gasteiger partial charge on any atom is 0.0717 e. The molecule has 14 heavy (non-hydrogen) atoms. The fraction of sp³-hybridized carbons (Fsp3) is 0.500. The molecule has 1 aliphatic rings. The largest absolute Gasteiger partial charge is 0.376 e. The Morgan fingerprint density at radius 2 is 2.00 bits per heavy atom. The summed E-state index contributed by atoms with van der Waals surface area (Å²) in [7, 11) is 2.15. The van der Waals surface area contributed by atoms with Crippen molar-refractivity contribution < 1.29 is 4.74 Å². The summed E-state index contributed by atoms with van der Waals surface area (Å²) < 4.78 is 5.65. The van der Waals surface area contributed by atoms with Crippen LogP contribution in [0.4, 0.5) is 0 Å². The first-order chi connectivity index (χ1) is 6.84. The molecule has 0 unspecified atom stereocenters. The van der Waals surface area contributed by atoms with Gasteiger partial charge in [0.15, 0.2) is 0 Å². The SMILES string of the molecule is CN1CC(COCc2ccccc2)C1. The Balaban J connectivity index is 1.64. The average Bonchev–Trinajstić information content (AvgIpc) is 2.17. The van der Waals surface area contributed by atoms with E-state index in [1.807, 2.05) is 6.07 Å². The van der Waals surface area contributed by atoms with Gasteiger partial charge in [-0.05, 0) is 12.6 Å². The highest BCUT2D eigenvalue weighted by Gasteiger charge is 2.22. The zero-order valence-corrected chi connectivity index (χ0v) is 8.65. The van der Waals surface area contributed by atoms with E-state index in [4.69, 9.17) is 4.74 Å². The lowest BCUT2D eigenvalue weighted by Gasteiger charge is -2.35. The first-order valence-electron chi connectivity index (χ1n) is 5.15. The first-order valence-corrected chi connectivity index (χ1v) is 5.15. The molecule has 2 heteroatoms. The van der Waals surface area contributed by atoms with Crippen LogP contribution < -0.4 is 0 Å². The lowest BCUT2D eigenvalue weighted by atomic mass is 10.0. The Bertz CT molecular complexity index is 267. The molecule has 1 aliphatic heterocycles. The van der Waals surface area contributed by atoms with Gasteiger partial charge in [-0.15, -0.1) is 0 Å². The second-order valence-electron chi connectivity index (χ2n) is 4.09. The summed E-state index contributed by atoms with van der Waals surface area (Å²) >= 11 is 0. The minimum atomic E-state index is 0.751. The van der Waals surface area contributed by atoms with Crippen molar-refractivity contribution in [2.24, 2.45) is 5.92 Å². The molecule has 0 atom stereocenters. The van der Waals surface area contributed by atoms with E-state index >= 15 is 0 Å². The molecule has 1 aromatic carbocycles. The van der Waals surface area contributed by atoms with Crippen molar-refractivity contribution in [3.8, 4) is 0 Å². The van der Waals surface area contributed by atoms with Crippen molar-refractivity contribution in [1.82, 2.24) is 4.90 Å². The first kappa shape index (κ1) is 9.69. The van der Waals surface area contributed by atoms with E-state index in [9.17, 15) is 0 Å². The van der Waals surface area contributed by atoms with Gasteiger partial charge in [-0.1, -0.05) is 30.3 Å². The van der Waals surface area contributed by atoms with Crippen LogP contribution in [0.25, 0.3) is 0 Å². The van der Waals surface area contributed by atoms with Gasteiger partial charge in [0, 0.05) is 19.0 Å². The van der Waals surface area contributed by atoms with Crippen molar-refractivity contribution in [2.45, 2.75) is 6.61 Å². The van der Waals surface area contributed by atoms with Gasteiger partial charge >= 0.3 is 0 Å². The summed E-state index contributed by atoms with van der Waals surface area (Å²) in [4.78, 5) is 2.32. The van der Waals surface area contributed by atoms with E-state index in [1.165, 1.54) is 18.7 Å². The Morgan fingerprint density at radius 1 is 1.29 bits per heavy atom. The molecular weight excluding hydrogens is 174 g/mol. The minimum absolute atomic E-state index is 0.751. The number of ether oxygens (including phenoxy) is 1. The van der Waals surface area contributed by atoms with Crippen molar-refractivity contribution >= 4 is 0 Å². The molecule has 0 amide bonds. The van der Waals surface area contributed by atoms with E-state index in [1.54, 1.807) is 0 Å². The summed E-state index contributed by atoms with van der Waals surface area (Å²) in [6.45, 7) is 4.03. The molecule has 1 aromatic rings. The monoisotopic (exact) mass is 191 g/mol. The second kappa shape index (κ2) is 4.58. The smallest absolute Gasteiger partial charge is 0.0717 e. The van der Waals surface area contributed by atoms with Crippen LogP contribution in [0.2, 0.25) is 0 Å². The molecule has 0 spiro atoms. The van der Waals surface area contributed by atoms with Crippen LogP contribution in [0.1, 0.15) is 5.56 Å². The third kappa shape index (κ3) is 2.56. The van der Waals surface area contributed by atoms with Gasteiger partial charge < -0.3 is 9.64 Å². The highest BCUT2D eigenvalue weighted by molar-refractivity contribution is 5.13. The number of nitrogens with zero attached hydrogens (tertiary/aromatic N) is 1. The molecule has 2 rings (SSSR count).